The fourth-order valence-corrected chi connectivity index (χ4v) is 1.75. The number of ether oxygens (including phenoxy) is 2. The number of para-hydroxylation sites is 3. The summed E-state index contributed by atoms with van der Waals surface area (Å²) in [5.41, 5.74) is 0.0592. The summed E-state index contributed by atoms with van der Waals surface area (Å²) in [7, 11) is 0. The molecular weight excluding hydrogens is 330 g/mol. The van der Waals surface area contributed by atoms with Crippen molar-refractivity contribution in [3.05, 3.63) is 54.3 Å². The van der Waals surface area contributed by atoms with E-state index in [0.29, 0.717) is 0 Å². The second-order valence-electron chi connectivity index (χ2n) is 4.67. The smallest absolute Gasteiger partial charge is 0.422 e. The zero-order chi connectivity index (χ0) is 17.6. The number of hydrogen-bond donors (Lipinski definition) is 1. The molecule has 0 aliphatic rings. The van der Waals surface area contributed by atoms with Crippen LogP contribution in [0.2, 0.25) is 0 Å². The standard InChI is InChI=1S/C16H13F4NO3/c17-11-5-1-3-7-13(11)23-9-15(22)21-12-6-2-4-8-14(12)24-10-16(18,19)20/h1-8H,9-10H2,(H,21,22). The second kappa shape index (κ2) is 7.67. The molecule has 2 aromatic carbocycles. The average Bonchev–Trinajstić information content (AvgIpc) is 2.52. The molecular formula is C16H13F4NO3. The van der Waals surface area contributed by atoms with E-state index in [1.807, 2.05) is 0 Å². The van der Waals surface area contributed by atoms with Crippen LogP contribution in [0.1, 0.15) is 0 Å². The van der Waals surface area contributed by atoms with Gasteiger partial charge in [-0.15, -0.1) is 0 Å². The van der Waals surface area contributed by atoms with E-state index in [2.05, 4.69) is 10.1 Å². The molecule has 0 aromatic heterocycles. The Morgan fingerprint density at radius 1 is 0.958 bits per heavy atom. The number of carbonyl (C=O) groups is 1. The van der Waals surface area contributed by atoms with Gasteiger partial charge in [0, 0.05) is 0 Å². The number of rotatable bonds is 6. The minimum Gasteiger partial charge on any atom is -0.482 e. The third kappa shape index (κ3) is 5.45. The molecule has 2 rings (SSSR count). The van der Waals surface area contributed by atoms with Gasteiger partial charge in [0.1, 0.15) is 5.75 Å². The lowest BCUT2D eigenvalue weighted by atomic mass is 10.3. The molecule has 0 heterocycles. The molecule has 0 unspecified atom stereocenters. The first-order valence-electron chi connectivity index (χ1n) is 6.81. The summed E-state index contributed by atoms with van der Waals surface area (Å²) in [5.74, 6) is -1.52. The maximum atomic E-state index is 13.4. The van der Waals surface area contributed by atoms with Gasteiger partial charge in [-0.05, 0) is 24.3 Å². The zero-order valence-corrected chi connectivity index (χ0v) is 12.3. The van der Waals surface area contributed by atoms with Crippen molar-refractivity contribution in [1.82, 2.24) is 0 Å². The normalized spacial score (nSPS) is 11.0. The number of amides is 1. The Hall–Kier alpha value is -2.77. The number of halogens is 4. The third-order valence-electron chi connectivity index (χ3n) is 2.75. The van der Waals surface area contributed by atoms with Crippen LogP contribution in [0.4, 0.5) is 23.2 Å². The molecule has 0 radical (unpaired) electrons. The summed E-state index contributed by atoms with van der Waals surface area (Å²) in [6.45, 7) is -1.99. The van der Waals surface area contributed by atoms with Gasteiger partial charge in [0.2, 0.25) is 0 Å². The molecule has 0 aliphatic heterocycles. The van der Waals surface area contributed by atoms with E-state index in [-0.39, 0.29) is 17.2 Å². The lowest BCUT2D eigenvalue weighted by Gasteiger charge is -2.14. The largest absolute Gasteiger partial charge is 0.482 e. The molecule has 8 heteroatoms. The summed E-state index contributed by atoms with van der Waals surface area (Å²) in [4.78, 5) is 11.8. The van der Waals surface area contributed by atoms with Gasteiger partial charge in [-0.25, -0.2) is 4.39 Å². The van der Waals surface area contributed by atoms with Crippen molar-refractivity contribution >= 4 is 11.6 Å². The highest BCUT2D eigenvalue weighted by atomic mass is 19.4. The number of anilines is 1. The average molecular weight is 343 g/mol. The van der Waals surface area contributed by atoms with Crippen molar-refractivity contribution in [1.29, 1.82) is 0 Å². The molecule has 0 aliphatic carbocycles. The highest BCUT2D eigenvalue weighted by molar-refractivity contribution is 5.93. The molecule has 128 valence electrons. The summed E-state index contributed by atoms with van der Waals surface area (Å²) in [5, 5.41) is 2.36. The van der Waals surface area contributed by atoms with Crippen molar-refractivity contribution < 1.29 is 31.8 Å². The van der Waals surface area contributed by atoms with Gasteiger partial charge in [-0.1, -0.05) is 24.3 Å². The van der Waals surface area contributed by atoms with Crippen molar-refractivity contribution in [3.8, 4) is 11.5 Å². The maximum absolute atomic E-state index is 13.4. The highest BCUT2D eigenvalue weighted by Gasteiger charge is 2.28. The topological polar surface area (TPSA) is 47.6 Å². The maximum Gasteiger partial charge on any atom is 0.422 e. The van der Waals surface area contributed by atoms with Gasteiger partial charge in [0.05, 0.1) is 5.69 Å². The van der Waals surface area contributed by atoms with Gasteiger partial charge < -0.3 is 14.8 Å². The molecule has 1 amide bonds. The third-order valence-corrected chi connectivity index (χ3v) is 2.75. The predicted molar refractivity (Wildman–Crippen MR) is 78.5 cm³/mol. The molecule has 0 fully saturated rings. The van der Waals surface area contributed by atoms with Gasteiger partial charge >= 0.3 is 6.18 Å². The molecule has 2 aromatic rings. The minimum absolute atomic E-state index is 0.0592. The van der Waals surface area contributed by atoms with Crippen LogP contribution in [-0.4, -0.2) is 25.3 Å². The lowest BCUT2D eigenvalue weighted by molar-refractivity contribution is -0.153. The van der Waals surface area contributed by atoms with E-state index in [1.54, 1.807) is 0 Å². The quantitative estimate of drug-likeness (QED) is 0.812. The first-order valence-corrected chi connectivity index (χ1v) is 6.81. The fraction of sp³-hybridized carbons (Fsp3) is 0.188. The van der Waals surface area contributed by atoms with Crippen molar-refractivity contribution in [2.24, 2.45) is 0 Å². The van der Waals surface area contributed by atoms with E-state index < -0.39 is 31.1 Å². The molecule has 0 saturated heterocycles. The molecule has 0 atom stereocenters. The van der Waals surface area contributed by atoms with Crippen molar-refractivity contribution in [2.45, 2.75) is 6.18 Å². The van der Waals surface area contributed by atoms with E-state index in [0.717, 1.165) is 0 Å². The van der Waals surface area contributed by atoms with E-state index in [4.69, 9.17) is 4.74 Å². The number of alkyl halides is 3. The summed E-state index contributed by atoms with van der Waals surface area (Å²) in [6, 6.07) is 11.2. The van der Waals surface area contributed by atoms with Crippen LogP contribution >= 0.6 is 0 Å². The Kier molecular flexibility index (Phi) is 5.62. The van der Waals surface area contributed by atoms with E-state index in [1.165, 1.54) is 48.5 Å². The Bertz CT molecular complexity index is 704. The van der Waals surface area contributed by atoms with E-state index >= 15 is 0 Å². The molecule has 1 N–H and O–H groups in total. The molecule has 0 spiro atoms. The van der Waals surface area contributed by atoms with E-state index in [9.17, 15) is 22.4 Å². The zero-order valence-electron chi connectivity index (χ0n) is 12.3. The molecule has 24 heavy (non-hydrogen) atoms. The summed E-state index contributed by atoms with van der Waals surface area (Å²) >= 11 is 0. The first-order chi connectivity index (χ1) is 11.3. The fourth-order valence-electron chi connectivity index (χ4n) is 1.75. The SMILES string of the molecule is O=C(COc1ccccc1F)Nc1ccccc1OCC(F)(F)F. The molecule has 0 saturated carbocycles. The lowest BCUT2D eigenvalue weighted by Crippen LogP contribution is -2.22. The Morgan fingerprint density at radius 3 is 2.25 bits per heavy atom. The van der Waals surface area contributed by atoms with Crippen molar-refractivity contribution in [2.75, 3.05) is 18.5 Å². The predicted octanol–water partition coefficient (Wildman–Crippen LogP) is 3.78. The summed E-state index contributed by atoms with van der Waals surface area (Å²) in [6.07, 6.45) is -4.49. The van der Waals surface area contributed by atoms with Gasteiger partial charge in [0.25, 0.3) is 5.91 Å². The number of benzene rings is 2. The minimum atomic E-state index is -4.49. The van der Waals surface area contributed by atoms with Gasteiger partial charge in [0.15, 0.2) is 24.8 Å². The van der Waals surface area contributed by atoms with Crippen LogP contribution in [0.3, 0.4) is 0 Å². The van der Waals surface area contributed by atoms with Crippen LogP contribution in [0, 0.1) is 5.82 Å². The molecule has 0 bridgehead atoms. The highest BCUT2D eigenvalue weighted by Crippen LogP contribution is 2.26. The van der Waals surface area contributed by atoms with Crippen LogP contribution in [0.25, 0.3) is 0 Å². The van der Waals surface area contributed by atoms with Gasteiger partial charge in [-0.3, -0.25) is 4.79 Å². The van der Waals surface area contributed by atoms with Gasteiger partial charge in [-0.2, -0.15) is 13.2 Å². The van der Waals surface area contributed by atoms with Crippen molar-refractivity contribution in [3.63, 3.8) is 0 Å². The Labute approximate surface area is 135 Å². The number of nitrogens with one attached hydrogen (secondary N) is 1. The second-order valence-corrected chi connectivity index (χ2v) is 4.67. The van der Waals surface area contributed by atoms with Crippen LogP contribution in [0.15, 0.2) is 48.5 Å². The molecule has 4 nitrogen and oxygen atoms in total. The summed E-state index contributed by atoms with van der Waals surface area (Å²) < 4.78 is 59.7. The Balaban J connectivity index is 1.95. The number of carbonyl (C=O) groups excluding carboxylic acids is 1. The monoisotopic (exact) mass is 343 g/mol. The number of hydrogen-bond acceptors (Lipinski definition) is 3. The Morgan fingerprint density at radius 2 is 1.58 bits per heavy atom. The van der Waals surface area contributed by atoms with Crippen LogP contribution in [0.5, 0.6) is 11.5 Å². The first kappa shape index (κ1) is 17.6. The van der Waals surface area contributed by atoms with Crippen LogP contribution in [-0.2, 0) is 4.79 Å². The van der Waals surface area contributed by atoms with Crippen LogP contribution < -0.4 is 14.8 Å².